The van der Waals surface area contributed by atoms with Gasteiger partial charge in [-0.25, -0.2) is 0 Å². The van der Waals surface area contributed by atoms with Gasteiger partial charge in [-0.1, -0.05) is 38.0 Å². The highest BCUT2D eigenvalue weighted by molar-refractivity contribution is 5.75. The smallest absolute Gasteiger partial charge is 0.129 e. The van der Waals surface area contributed by atoms with Crippen molar-refractivity contribution in [2.45, 2.75) is 40.0 Å². The highest BCUT2D eigenvalue weighted by Gasteiger charge is 2.08. The van der Waals surface area contributed by atoms with Gasteiger partial charge in [-0.2, -0.15) is 0 Å². The molecule has 0 aromatic rings. The summed E-state index contributed by atoms with van der Waals surface area (Å²) in [5.74, 6) is 3.86. The minimum Gasteiger partial charge on any atom is -0.300 e. The molecule has 0 fully saturated rings. The number of allylic oxidation sites excluding steroid dienone is 4. The highest BCUT2D eigenvalue weighted by atomic mass is 16.1. The Bertz CT molecular complexity index is 291. The number of Topliss-reactive ketones (excluding diaryl/α,β-unsaturated/α-hetero) is 1. The fourth-order valence-corrected chi connectivity index (χ4v) is 1.48. The molecule has 0 spiro atoms. The maximum atomic E-state index is 10.8. The molecule has 0 aliphatic heterocycles. The number of carbonyl (C=O) groups excluding carboxylic acids is 1. The van der Waals surface area contributed by atoms with E-state index in [4.69, 9.17) is 6.42 Å². The summed E-state index contributed by atoms with van der Waals surface area (Å²) in [5.41, 5.74) is 0. The maximum Gasteiger partial charge on any atom is 0.129 e. The largest absolute Gasteiger partial charge is 0.300 e. The Balaban J connectivity index is 3.85. The Hall–Kier alpha value is -1.29. The van der Waals surface area contributed by atoms with Crippen LogP contribution in [0.4, 0.5) is 0 Å². The molecule has 0 radical (unpaired) electrons. The van der Waals surface area contributed by atoms with E-state index in [9.17, 15) is 4.79 Å². The van der Waals surface area contributed by atoms with Gasteiger partial charge in [-0.15, -0.1) is 6.42 Å². The molecule has 0 bridgehead atoms. The topological polar surface area (TPSA) is 17.1 Å². The first-order valence-corrected chi connectivity index (χ1v) is 5.86. The van der Waals surface area contributed by atoms with Gasteiger partial charge in [0, 0.05) is 6.42 Å². The molecule has 2 unspecified atom stereocenters. The molecule has 2 atom stereocenters. The maximum absolute atomic E-state index is 10.8. The zero-order chi connectivity index (χ0) is 12.4. The second kappa shape index (κ2) is 8.97. The van der Waals surface area contributed by atoms with Crippen LogP contribution in [0.3, 0.4) is 0 Å². The van der Waals surface area contributed by atoms with Gasteiger partial charge in [0.05, 0.1) is 0 Å². The van der Waals surface area contributed by atoms with E-state index in [0.717, 1.165) is 12.8 Å². The molecular weight excluding hydrogens is 196 g/mol. The first-order valence-electron chi connectivity index (χ1n) is 5.86. The molecule has 0 heterocycles. The predicted molar refractivity (Wildman–Crippen MR) is 70.0 cm³/mol. The van der Waals surface area contributed by atoms with Gasteiger partial charge in [-0.3, -0.25) is 0 Å². The zero-order valence-electron chi connectivity index (χ0n) is 10.6. The molecule has 0 N–H and O–H groups in total. The van der Waals surface area contributed by atoms with Crippen molar-refractivity contribution in [3.63, 3.8) is 0 Å². The number of hydrogen-bond donors (Lipinski definition) is 0. The van der Waals surface area contributed by atoms with Gasteiger partial charge in [0.15, 0.2) is 0 Å². The molecule has 0 saturated heterocycles. The number of hydrogen-bond acceptors (Lipinski definition) is 1. The van der Waals surface area contributed by atoms with Gasteiger partial charge < -0.3 is 4.79 Å². The monoisotopic (exact) mass is 218 g/mol. The molecule has 1 heteroatoms. The van der Waals surface area contributed by atoms with Crippen molar-refractivity contribution < 1.29 is 4.79 Å². The van der Waals surface area contributed by atoms with Gasteiger partial charge in [0.25, 0.3) is 0 Å². The lowest BCUT2D eigenvalue weighted by Gasteiger charge is -2.15. The summed E-state index contributed by atoms with van der Waals surface area (Å²) in [5, 5.41) is 0. The van der Waals surface area contributed by atoms with Gasteiger partial charge in [0.2, 0.25) is 0 Å². The van der Waals surface area contributed by atoms with E-state index < -0.39 is 0 Å². The normalized spacial score (nSPS) is 15.1. The van der Waals surface area contributed by atoms with Crippen LogP contribution in [0.1, 0.15) is 40.0 Å². The molecule has 0 aliphatic carbocycles. The van der Waals surface area contributed by atoms with E-state index in [1.54, 1.807) is 13.0 Å². The standard InChI is InChI=1S/C15H22O/c1-5-6-7-8-10-13(2)14(3)11-9-12-15(4)16/h1,6-8,10,13-14H,9,11-12H2,2-4H3/b7-6+,10-8+. The van der Waals surface area contributed by atoms with Crippen LogP contribution in [0.5, 0.6) is 0 Å². The van der Waals surface area contributed by atoms with Crippen molar-refractivity contribution in [2.75, 3.05) is 0 Å². The van der Waals surface area contributed by atoms with Crippen molar-refractivity contribution in [1.29, 1.82) is 0 Å². The van der Waals surface area contributed by atoms with Gasteiger partial charge in [0.1, 0.15) is 5.78 Å². The average Bonchev–Trinajstić information content (AvgIpc) is 2.23. The molecule has 0 saturated carbocycles. The first-order chi connectivity index (χ1) is 7.57. The van der Waals surface area contributed by atoms with Crippen molar-refractivity contribution in [1.82, 2.24) is 0 Å². The third kappa shape index (κ3) is 8.05. The molecule has 0 rings (SSSR count). The minimum absolute atomic E-state index is 0.285. The molecule has 16 heavy (non-hydrogen) atoms. The SMILES string of the molecule is C#C/C=C/C=C/C(C)C(C)CCCC(C)=O. The molecular formula is C15H22O. The lowest BCUT2D eigenvalue weighted by atomic mass is 9.90. The fraction of sp³-hybridized carbons (Fsp3) is 0.533. The minimum atomic E-state index is 0.285. The van der Waals surface area contributed by atoms with E-state index in [2.05, 4.69) is 25.8 Å². The molecule has 0 aliphatic rings. The van der Waals surface area contributed by atoms with Gasteiger partial charge >= 0.3 is 0 Å². The van der Waals surface area contributed by atoms with Crippen molar-refractivity contribution in [3.8, 4) is 12.3 Å². The van der Waals surface area contributed by atoms with E-state index in [-0.39, 0.29) is 5.78 Å². The van der Waals surface area contributed by atoms with E-state index in [1.165, 1.54) is 0 Å². The summed E-state index contributed by atoms with van der Waals surface area (Å²) in [6, 6.07) is 0. The molecule has 0 amide bonds. The van der Waals surface area contributed by atoms with Crippen molar-refractivity contribution in [3.05, 3.63) is 24.3 Å². The molecule has 88 valence electrons. The number of terminal acetylenes is 1. The van der Waals surface area contributed by atoms with E-state index in [1.807, 2.05) is 12.2 Å². The Morgan fingerprint density at radius 2 is 2.06 bits per heavy atom. The summed E-state index contributed by atoms with van der Waals surface area (Å²) < 4.78 is 0. The predicted octanol–water partition coefficient (Wildman–Crippen LogP) is 3.76. The Kier molecular flexibility index (Phi) is 8.25. The summed E-state index contributed by atoms with van der Waals surface area (Å²) in [7, 11) is 0. The molecule has 0 aromatic heterocycles. The van der Waals surface area contributed by atoms with Crippen LogP contribution in [-0.4, -0.2) is 5.78 Å². The van der Waals surface area contributed by atoms with Crippen LogP contribution in [0, 0.1) is 24.2 Å². The summed E-state index contributed by atoms with van der Waals surface area (Å²) in [6.07, 6.45) is 15.6. The van der Waals surface area contributed by atoms with Crippen LogP contribution in [0.25, 0.3) is 0 Å². The van der Waals surface area contributed by atoms with Crippen LogP contribution < -0.4 is 0 Å². The molecule has 1 nitrogen and oxygen atoms in total. The summed E-state index contributed by atoms with van der Waals surface area (Å²) in [4.78, 5) is 10.8. The van der Waals surface area contributed by atoms with Crippen molar-refractivity contribution >= 4 is 5.78 Å². The second-order valence-corrected chi connectivity index (χ2v) is 4.34. The third-order valence-corrected chi connectivity index (χ3v) is 2.80. The van der Waals surface area contributed by atoms with Gasteiger partial charge in [-0.05, 0) is 37.7 Å². The number of rotatable bonds is 7. The Morgan fingerprint density at radius 3 is 2.62 bits per heavy atom. The quantitative estimate of drug-likeness (QED) is 0.469. The lowest BCUT2D eigenvalue weighted by molar-refractivity contribution is -0.117. The Morgan fingerprint density at radius 1 is 1.38 bits per heavy atom. The fourth-order valence-electron chi connectivity index (χ4n) is 1.48. The third-order valence-electron chi connectivity index (χ3n) is 2.80. The number of ketones is 1. The van der Waals surface area contributed by atoms with Crippen LogP contribution >= 0.6 is 0 Å². The first kappa shape index (κ1) is 14.7. The average molecular weight is 218 g/mol. The zero-order valence-corrected chi connectivity index (χ0v) is 10.6. The Labute approximate surface area is 99.6 Å². The highest BCUT2D eigenvalue weighted by Crippen LogP contribution is 2.19. The van der Waals surface area contributed by atoms with Crippen LogP contribution in [0.2, 0.25) is 0 Å². The van der Waals surface area contributed by atoms with E-state index in [0.29, 0.717) is 18.3 Å². The second-order valence-electron chi connectivity index (χ2n) is 4.34. The number of carbonyl (C=O) groups is 1. The molecule has 0 aromatic carbocycles. The van der Waals surface area contributed by atoms with Crippen LogP contribution in [0.15, 0.2) is 24.3 Å². The summed E-state index contributed by atoms with van der Waals surface area (Å²) in [6.45, 7) is 6.07. The lowest BCUT2D eigenvalue weighted by Crippen LogP contribution is -2.05. The van der Waals surface area contributed by atoms with Crippen LogP contribution in [-0.2, 0) is 4.79 Å². The van der Waals surface area contributed by atoms with E-state index >= 15 is 0 Å². The summed E-state index contributed by atoms with van der Waals surface area (Å²) >= 11 is 0. The van der Waals surface area contributed by atoms with Crippen molar-refractivity contribution in [2.24, 2.45) is 11.8 Å².